The molecule has 0 aromatic carbocycles. The van der Waals surface area contributed by atoms with E-state index in [1.54, 1.807) is 12.5 Å². The van der Waals surface area contributed by atoms with Gasteiger partial charge in [-0.1, -0.05) is 0 Å². The Morgan fingerprint density at radius 2 is 2.43 bits per heavy atom. The maximum absolute atomic E-state index is 13.3. The van der Waals surface area contributed by atoms with E-state index < -0.39 is 6.17 Å². The van der Waals surface area contributed by atoms with Gasteiger partial charge in [-0.15, -0.1) is 0 Å². The number of furan rings is 1. The molecule has 0 aliphatic heterocycles. The maximum atomic E-state index is 13.3. The van der Waals surface area contributed by atoms with Crippen molar-refractivity contribution in [3.8, 4) is 0 Å². The van der Waals surface area contributed by atoms with Crippen LogP contribution in [0.3, 0.4) is 0 Å². The normalized spacial score (nSPS) is 29.3. The second kappa shape index (κ2) is 4.13. The predicted molar refractivity (Wildman–Crippen MR) is 52.8 cm³/mol. The summed E-state index contributed by atoms with van der Waals surface area (Å²) in [5.74, 6) is 0. The minimum Gasteiger partial charge on any atom is -0.472 e. The third-order valence-electron chi connectivity index (χ3n) is 2.94. The highest BCUT2D eigenvalue weighted by Gasteiger charge is 2.28. The number of hydrogen-bond donors (Lipinski definition) is 1. The Bertz CT molecular complexity index is 273. The molecule has 1 aromatic rings. The quantitative estimate of drug-likeness (QED) is 0.806. The molecule has 1 aliphatic rings. The lowest BCUT2D eigenvalue weighted by atomic mass is 10.1. The van der Waals surface area contributed by atoms with Crippen molar-refractivity contribution in [3.63, 3.8) is 0 Å². The van der Waals surface area contributed by atoms with Crippen LogP contribution in [0.2, 0.25) is 0 Å². The molecule has 3 atom stereocenters. The zero-order valence-corrected chi connectivity index (χ0v) is 8.37. The van der Waals surface area contributed by atoms with Gasteiger partial charge < -0.3 is 9.73 Å². The molecule has 1 N–H and O–H groups in total. The SMILES string of the molecule is CC(N[C@H]1CCC[C@H]1F)c1ccoc1. The molecule has 1 saturated carbocycles. The van der Waals surface area contributed by atoms with Gasteiger partial charge in [-0.05, 0) is 32.3 Å². The second-order valence-corrected chi connectivity index (χ2v) is 4.00. The van der Waals surface area contributed by atoms with E-state index >= 15 is 0 Å². The zero-order valence-electron chi connectivity index (χ0n) is 8.37. The molecule has 1 unspecified atom stereocenters. The molecule has 3 heteroatoms. The van der Waals surface area contributed by atoms with Gasteiger partial charge in [0.1, 0.15) is 6.17 Å². The van der Waals surface area contributed by atoms with E-state index in [-0.39, 0.29) is 12.1 Å². The second-order valence-electron chi connectivity index (χ2n) is 4.00. The first kappa shape index (κ1) is 9.71. The molecule has 1 aromatic heterocycles. The van der Waals surface area contributed by atoms with Crippen molar-refractivity contribution in [2.24, 2.45) is 0 Å². The molecule has 2 rings (SSSR count). The van der Waals surface area contributed by atoms with Crippen molar-refractivity contribution in [2.45, 2.75) is 44.4 Å². The minimum atomic E-state index is -0.677. The van der Waals surface area contributed by atoms with Crippen LogP contribution < -0.4 is 5.32 Å². The first-order chi connectivity index (χ1) is 6.77. The summed E-state index contributed by atoms with van der Waals surface area (Å²) in [6.07, 6.45) is 5.33. The lowest BCUT2D eigenvalue weighted by Gasteiger charge is -2.19. The molecule has 0 saturated heterocycles. The Balaban J connectivity index is 1.91. The first-order valence-corrected chi connectivity index (χ1v) is 5.19. The highest BCUT2D eigenvalue weighted by atomic mass is 19.1. The molecule has 1 aliphatic carbocycles. The molecule has 2 nitrogen and oxygen atoms in total. The lowest BCUT2D eigenvalue weighted by molar-refractivity contribution is 0.267. The monoisotopic (exact) mass is 197 g/mol. The van der Waals surface area contributed by atoms with Gasteiger partial charge in [-0.2, -0.15) is 0 Å². The van der Waals surface area contributed by atoms with Gasteiger partial charge in [-0.25, -0.2) is 4.39 Å². The van der Waals surface area contributed by atoms with Crippen molar-refractivity contribution in [1.82, 2.24) is 5.32 Å². The number of nitrogens with one attached hydrogen (secondary N) is 1. The maximum Gasteiger partial charge on any atom is 0.115 e. The lowest BCUT2D eigenvalue weighted by Crippen LogP contribution is -2.35. The summed E-state index contributed by atoms with van der Waals surface area (Å²) in [6.45, 7) is 2.04. The van der Waals surface area contributed by atoms with Gasteiger partial charge in [0.05, 0.1) is 12.5 Å². The largest absolute Gasteiger partial charge is 0.472 e. The summed E-state index contributed by atoms with van der Waals surface area (Å²) in [5.41, 5.74) is 1.09. The van der Waals surface area contributed by atoms with Crippen molar-refractivity contribution in [3.05, 3.63) is 24.2 Å². The molecule has 0 amide bonds. The molecule has 1 fully saturated rings. The molecular formula is C11H16FNO. The summed E-state index contributed by atoms with van der Waals surface area (Å²) in [5, 5.41) is 3.30. The fourth-order valence-corrected chi connectivity index (χ4v) is 2.04. The Kier molecular flexibility index (Phi) is 2.87. The van der Waals surface area contributed by atoms with Crippen LogP contribution in [0.5, 0.6) is 0 Å². The van der Waals surface area contributed by atoms with Gasteiger partial charge in [0, 0.05) is 17.6 Å². The number of halogens is 1. The van der Waals surface area contributed by atoms with E-state index in [0.29, 0.717) is 6.42 Å². The summed E-state index contributed by atoms with van der Waals surface area (Å²) < 4.78 is 18.3. The van der Waals surface area contributed by atoms with Crippen molar-refractivity contribution in [1.29, 1.82) is 0 Å². The van der Waals surface area contributed by atoms with Crippen LogP contribution in [0.15, 0.2) is 23.0 Å². The van der Waals surface area contributed by atoms with E-state index in [1.165, 1.54) is 0 Å². The Hall–Kier alpha value is -0.830. The zero-order chi connectivity index (χ0) is 9.97. The van der Waals surface area contributed by atoms with Crippen LogP contribution in [0.4, 0.5) is 4.39 Å². The Labute approximate surface area is 83.5 Å². The molecule has 0 bridgehead atoms. The van der Waals surface area contributed by atoms with E-state index in [4.69, 9.17) is 4.42 Å². The molecule has 78 valence electrons. The molecule has 14 heavy (non-hydrogen) atoms. The van der Waals surface area contributed by atoms with E-state index in [1.807, 2.05) is 13.0 Å². The van der Waals surface area contributed by atoms with Crippen molar-refractivity contribution in [2.75, 3.05) is 0 Å². The van der Waals surface area contributed by atoms with Crippen LogP contribution in [-0.4, -0.2) is 12.2 Å². The molecule has 0 spiro atoms. The Morgan fingerprint density at radius 3 is 3.00 bits per heavy atom. The third kappa shape index (κ3) is 1.98. The summed E-state index contributed by atoms with van der Waals surface area (Å²) in [4.78, 5) is 0. The highest BCUT2D eigenvalue weighted by molar-refractivity contribution is 5.10. The summed E-state index contributed by atoms with van der Waals surface area (Å²) >= 11 is 0. The van der Waals surface area contributed by atoms with Crippen molar-refractivity contribution >= 4 is 0 Å². The van der Waals surface area contributed by atoms with Gasteiger partial charge in [0.15, 0.2) is 0 Å². The third-order valence-corrected chi connectivity index (χ3v) is 2.94. The van der Waals surface area contributed by atoms with Crippen LogP contribution in [0, 0.1) is 0 Å². The van der Waals surface area contributed by atoms with E-state index in [9.17, 15) is 4.39 Å². The van der Waals surface area contributed by atoms with Crippen LogP contribution >= 0.6 is 0 Å². The highest BCUT2D eigenvalue weighted by Crippen LogP contribution is 2.24. The van der Waals surface area contributed by atoms with E-state index in [0.717, 1.165) is 18.4 Å². The van der Waals surface area contributed by atoms with Crippen molar-refractivity contribution < 1.29 is 8.81 Å². The van der Waals surface area contributed by atoms with Crippen LogP contribution in [-0.2, 0) is 0 Å². The number of rotatable bonds is 3. The smallest absolute Gasteiger partial charge is 0.115 e. The average Bonchev–Trinajstić information content (AvgIpc) is 2.77. The van der Waals surface area contributed by atoms with Gasteiger partial charge in [-0.3, -0.25) is 0 Å². The standard InChI is InChI=1S/C11H16FNO/c1-8(9-5-6-14-7-9)13-11-4-2-3-10(11)12/h5-8,10-11,13H,2-4H2,1H3/t8?,10-,11+/m1/s1. The van der Waals surface area contributed by atoms with Gasteiger partial charge >= 0.3 is 0 Å². The first-order valence-electron chi connectivity index (χ1n) is 5.19. The predicted octanol–water partition coefficient (Wildman–Crippen LogP) is 2.82. The number of hydrogen-bond acceptors (Lipinski definition) is 2. The topological polar surface area (TPSA) is 25.2 Å². The molecular weight excluding hydrogens is 181 g/mol. The van der Waals surface area contributed by atoms with Gasteiger partial charge in [0.2, 0.25) is 0 Å². The van der Waals surface area contributed by atoms with E-state index in [2.05, 4.69) is 5.32 Å². The van der Waals surface area contributed by atoms with Crippen LogP contribution in [0.25, 0.3) is 0 Å². The summed E-state index contributed by atoms with van der Waals surface area (Å²) in [7, 11) is 0. The fraction of sp³-hybridized carbons (Fsp3) is 0.636. The Morgan fingerprint density at radius 1 is 1.57 bits per heavy atom. The molecule has 1 heterocycles. The average molecular weight is 197 g/mol. The number of alkyl halides is 1. The molecule has 0 radical (unpaired) electrons. The fourth-order valence-electron chi connectivity index (χ4n) is 2.04. The van der Waals surface area contributed by atoms with Crippen LogP contribution in [0.1, 0.15) is 37.8 Å². The summed E-state index contributed by atoms with van der Waals surface area (Å²) in [6, 6.07) is 2.12. The minimum absolute atomic E-state index is 0.0277. The van der Waals surface area contributed by atoms with Gasteiger partial charge in [0.25, 0.3) is 0 Å².